The lowest BCUT2D eigenvalue weighted by molar-refractivity contribution is -0.134. The first-order chi connectivity index (χ1) is 10.5. The molecular formula is C17H24N2O3. The van der Waals surface area contributed by atoms with E-state index >= 15 is 0 Å². The molecule has 2 rings (SSSR count). The van der Waals surface area contributed by atoms with Crippen molar-refractivity contribution >= 4 is 11.8 Å². The highest BCUT2D eigenvalue weighted by atomic mass is 16.5. The van der Waals surface area contributed by atoms with Gasteiger partial charge in [0.1, 0.15) is 5.75 Å². The van der Waals surface area contributed by atoms with Crippen LogP contribution in [0.1, 0.15) is 30.4 Å². The van der Waals surface area contributed by atoms with Crippen molar-refractivity contribution in [2.45, 2.75) is 32.6 Å². The highest BCUT2D eigenvalue weighted by Crippen LogP contribution is 2.21. The lowest BCUT2D eigenvalue weighted by Crippen LogP contribution is -2.41. The number of aryl methyl sites for hydroxylation is 2. The number of hydrogen-bond acceptors (Lipinski definition) is 3. The Morgan fingerprint density at radius 1 is 1.32 bits per heavy atom. The zero-order valence-electron chi connectivity index (χ0n) is 13.3. The van der Waals surface area contributed by atoms with Crippen LogP contribution in [0.2, 0.25) is 0 Å². The van der Waals surface area contributed by atoms with Gasteiger partial charge in [-0.2, -0.15) is 0 Å². The smallest absolute Gasteiger partial charge is 0.222 e. The summed E-state index contributed by atoms with van der Waals surface area (Å²) >= 11 is 0. The van der Waals surface area contributed by atoms with Gasteiger partial charge in [-0.25, -0.2) is 0 Å². The molecule has 1 fully saturated rings. The number of nitrogens with zero attached hydrogens (tertiary/aromatic N) is 1. The van der Waals surface area contributed by atoms with Gasteiger partial charge in [-0.3, -0.25) is 9.59 Å². The van der Waals surface area contributed by atoms with Crippen LogP contribution in [0.15, 0.2) is 18.2 Å². The van der Waals surface area contributed by atoms with Crippen molar-refractivity contribution in [2.75, 3.05) is 20.2 Å². The van der Waals surface area contributed by atoms with Gasteiger partial charge in [0.05, 0.1) is 7.11 Å². The number of rotatable bonds is 5. The molecule has 0 unspecified atom stereocenters. The van der Waals surface area contributed by atoms with Crippen molar-refractivity contribution in [3.63, 3.8) is 0 Å². The Labute approximate surface area is 131 Å². The van der Waals surface area contributed by atoms with E-state index < -0.39 is 0 Å². The molecule has 0 atom stereocenters. The van der Waals surface area contributed by atoms with E-state index in [4.69, 9.17) is 10.5 Å². The number of amides is 2. The summed E-state index contributed by atoms with van der Waals surface area (Å²) in [5.41, 5.74) is 7.52. The highest BCUT2D eigenvalue weighted by Gasteiger charge is 2.25. The van der Waals surface area contributed by atoms with E-state index in [0.717, 1.165) is 23.3 Å². The number of carbonyl (C=O) groups is 2. The van der Waals surface area contributed by atoms with E-state index in [0.29, 0.717) is 32.4 Å². The van der Waals surface area contributed by atoms with Crippen molar-refractivity contribution in [1.29, 1.82) is 0 Å². The number of nitrogens with two attached hydrogens (primary N) is 1. The van der Waals surface area contributed by atoms with E-state index in [1.54, 1.807) is 7.11 Å². The summed E-state index contributed by atoms with van der Waals surface area (Å²) in [5, 5.41) is 0. The van der Waals surface area contributed by atoms with Gasteiger partial charge in [-0.1, -0.05) is 12.1 Å². The molecule has 0 bridgehead atoms. The molecule has 2 amide bonds. The Hall–Kier alpha value is -2.04. The predicted molar refractivity (Wildman–Crippen MR) is 84.6 cm³/mol. The zero-order valence-corrected chi connectivity index (χ0v) is 13.3. The number of carbonyl (C=O) groups excluding carboxylic acids is 2. The molecule has 5 nitrogen and oxygen atoms in total. The standard InChI is InChI=1S/C17H24N2O3/c1-12-11-13(3-5-15(12)22-2)4-6-16(20)19-9-7-14(8-10-19)17(18)21/h3,5,11,14H,4,6-10H2,1-2H3,(H2,18,21). The molecule has 22 heavy (non-hydrogen) atoms. The average molecular weight is 304 g/mol. The second-order valence-corrected chi connectivity index (χ2v) is 5.86. The van der Waals surface area contributed by atoms with Gasteiger partial charge < -0.3 is 15.4 Å². The molecule has 2 N–H and O–H groups in total. The molecule has 0 saturated carbocycles. The third kappa shape index (κ3) is 4.00. The van der Waals surface area contributed by atoms with E-state index in [1.165, 1.54) is 0 Å². The van der Waals surface area contributed by atoms with Crippen molar-refractivity contribution in [3.05, 3.63) is 29.3 Å². The van der Waals surface area contributed by atoms with Gasteiger partial charge in [-0.15, -0.1) is 0 Å². The van der Waals surface area contributed by atoms with Gasteiger partial charge >= 0.3 is 0 Å². The van der Waals surface area contributed by atoms with Crippen LogP contribution in [0.4, 0.5) is 0 Å². The molecule has 1 aliphatic rings. The Kier molecular flexibility index (Phi) is 5.41. The fourth-order valence-corrected chi connectivity index (χ4v) is 2.92. The van der Waals surface area contributed by atoms with Crippen LogP contribution >= 0.6 is 0 Å². The number of likely N-dealkylation sites (tertiary alicyclic amines) is 1. The van der Waals surface area contributed by atoms with Crippen molar-refractivity contribution in [2.24, 2.45) is 11.7 Å². The van der Waals surface area contributed by atoms with Gasteiger partial charge in [0.25, 0.3) is 0 Å². The number of piperidine rings is 1. The first-order valence-electron chi connectivity index (χ1n) is 7.72. The lowest BCUT2D eigenvalue weighted by Gasteiger charge is -2.30. The Morgan fingerprint density at radius 2 is 2.00 bits per heavy atom. The van der Waals surface area contributed by atoms with E-state index in [9.17, 15) is 9.59 Å². The summed E-state index contributed by atoms with van der Waals surface area (Å²) in [6, 6.07) is 6.00. The minimum atomic E-state index is -0.249. The van der Waals surface area contributed by atoms with Crippen molar-refractivity contribution in [1.82, 2.24) is 4.90 Å². The number of hydrogen-bond donors (Lipinski definition) is 1. The maximum absolute atomic E-state index is 12.2. The third-order valence-electron chi connectivity index (χ3n) is 4.34. The van der Waals surface area contributed by atoms with Crippen LogP contribution in [0.5, 0.6) is 5.75 Å². The zero-order chi connectivity index (χ0) is 16.1. The Morgan fingerprint density at radius 3 is 2.55 bits per heavy atom. The van der Waals surface area contributed by atoms with Gasteiger partial charge in [0.2, 0.25) is 11.8 Å². The molecule has 5 heteroatoms. The Balaban J connectivity index is 1.83. The van der Waals surface area contributed by atoms with Crippen LogP contribution < -0.4 is 10.5 Å². The van der Waals surface area contributed by atoms with Crippen molar-refractivity contribution in [3.8, 4) is 5.75 Å². The lowest BCUT2D eigenvalue weighted by atomic mass is 9.96. The fraction of sp³-hybridized carbons (Fsp3) is 0.529. The predicted octanol–water partition coefficient (Wildman–Crippen LogP) is 1.66. The van der Waals surface area contributed by atoms with Crippen LogP contribution in [0, 0.1) is 12.8 Å². The summed E-state index contributed by atoms with van der Waals surface area (Å²) in [6.45, 7) is 3.26. The molecule has 1 saturated heterocycles. The highest BCUT2D eigenvalue weighted by molar-refractivity contribution is 5.79. The summed E-state index contributed by atoms with van der Waals surface area (Å²) in [4.78, 5) is 25.2. The molecule has 0 aliphatic carbocycles. The van der Waals surface area contributed by atoms with Crippen LogP contribution in [-0.2, 0) is 16.0 Å². The molecule has 1 heterocycles. The third-order valence-corrected chi connectivity index (χ3v) is 4.34. The normalized spacial score (nSPS) is 15.6. The summed E-state index contributed by atoms with van der Waals surface area (Å²) in [6.07, 6.45) is 2.58. The molecule has 120 valence electrons. The number of primary amides is 1. The quantitative estimate of drug-likeness (QED) is 0.899. The maximum Gasteiger partial charge on any atom is 0.222 e. The number of methoxy groups -OCH3 is 1. The second-order valence-electron chi connectivity index (χ2n) is 5.86. The largest absolute Gasteiger partial charge is 0.496 e. The van der Waals surface area contributed by atoms with Crippen LogP contribution in [0.3, 0.4) is 0 Å². The Bertz CT molecular complexity index is 549. The first-order valence-corrected chi connectivity index (χ1v) is 7.72. The molecule has 1 aromatic carbocycles. The molecule has 0 aromatic heterocycles. The van der Waals surface area contributed by atoms with Crippen LogP contribution in [0.25, 0.3) is 0 Å². The molecular weight excluding hydrogens is 280 g/mol. The van der Waals surface area contributed by atoms with Gasteiger partial charge in [0.15, 0.2) is 0 Å². The van der Waals surface area contributed by atoms with Gasteiger partial charge in [0, 0.05) is 25.4 Å². The summed E-state index contributed by atoms with van der Waals surface area (Å²) in [5.74, 6) is 0.689. The minimum Gasteiger partial charge on any atom is -0.496 e. The topological polar surface area (TPSA) is 72.6 Å². The minimum absolute atomic E-state index is 0.0757. The van der Waals surface area contributed by atoms with Crippen LogP contribution in [-0.4, -0.2) is 36.9 Å². The monoisotopic (exact) mass is 304 g/mol. The maximum atomic E-state index is 12.2. The van der Waals surface area contributed by atoms with Gasteiger partial charge in [-0.05, 0) is 43.4 Å². The first kappa shape index (κ1) is 16.3. The molecule has 1 aromatic rings. The average Bonchev–Trinajstić information content (AvgIpc) is 2.52. The summed E-state index contributed by atoms with van der Waals surface area (Å²) < 4.78 is 5.24. The number of benzene rings is 1. The molecule has 0 radical (unpaired) electrons. The second kappa shape index (κ2) is 7.29. The molecule has 1 aliphatic heterocycles. The summed E-state index contributed by atoms with van der Waals surface area (Å²) in [7, 11) is 1.65. The SMILES string of the molecule is COc1ccc(CCC(=O)N2CCC(C(N)=O)CC2)cc1C. The molecule has 0 spiro atoms. The van der Waals surface area contributed by atoms with E-state index in [1.807, 2.05) is 24.0 Å². The number of ether oxygens (including phenoxy) is 1. The van der Waals surface area contributed by atoms with E-state index in [2.05, 4.69) is 6.07 Å². The van der Waals surface area contributed by atoms with Crippen molar-refractivity contribution < 1.29 is 14.3 Å². The fourth-order valence-electron chi connectivity index (χ4n) is 2.92. The van der Waals surface area contributed by atoms with E-state index in [-0.39, 0.29) is 17.7 Å².